The number of hydrogen-bond acceptors (Lipinski definition) is 5. The molecule has 3 heterocycles. The summed E-state index contributed by atoms with van der Waals surface area (Å²) in [6.07, 6.45) is 3.27. The van der Waals surface area contributed by atoms with Crippen molar-refractivity contribution in [2.24, 2.45) is 0 Å². The molecule has 0 spiro atoms. The van der Waals surface area contributed by atoms with Crippen LogP contribution in [0.1, 0.15) is 5.56 Å². The predicted molar refractivity (Wildman–Crippen MR) is 99.4 cm³/mol. The highest BCUT2D eigenvalue weighted by atomic mass is 16.2. The van der Waals surface area contributed by atoms with Crippen molar-refractivity contribution in [1.82, 2.24) is 19.1 Å². The molecular formula is C19H15N5O2. The lowest BCUT2D eigenvalue weighted by atomic mass is 10.2. The minimum Gasteiger partial charge on any atom is -0.384 e. The lowest BCUT2D eigenvalue weighted by Gasteiger charge is -2.13. The molecule has 4 aromatic rings. The topological polar surface area (TPSA) is 95.8 Å². The standard InChI is InChI=1S/C19H15N5O2/c20-16-9-8-15-17(22-16)24(14-6-2-1-3-7-14)19(26)23(18(15)25)12-13-5-4-10-21-11-13/h1-11H,12H2,(H2,20,22). The molecule has 7 nitrogen and oxygen atoms in total. The number of fused-ring (bicyclic) bond motifs is 1. The van der Waals surface area contributed by atoms with Crippen molar-refractivity contribution in [3.05, 3.63) is 93.4 Å². The van der Waals surface area contributed by atoms with Gasteiger partial charge in [0.1, 0.15) is 5.82 Å². The molecule has 3 aromatic heterocycles. The Hall–Kier alpha value is -3.74. The minimum absolute atomic E-state index is 0.124. The van der Waals surface area contributed by atoms with Crippen LogP contribution in [-0.2, 0) is 6.54 Å². The van der Waals surface area contributed by atoms with E-state index in [0.29, 0.717) is 11.1 Å². The van der Waals surface area contributed by atoms with Gasteiger partial charge in [-0.25, -0.2) is 14.3 Å². The third-order valence-electron chi connectivity index (χ3n) is 4.08. The van der Waals surface area contributed by atoms with Crippen LogP contribution >= 0.6 is 0 Å². The van der Waals surface area contributed by atoms with Gasteiger partial charge in [-0.15, -0.1) is 0 Å². The Labute approximate surface area is 148 Å². The van der Waals surface area contributed by atoms with E-state index >= 15 is 0 Å². The molecule has 0 aliphatic heterocycles. The summed E-state index contributed by atoms with van der Waals surface area (Å²) in [6, 6.07) is 15.8. The largest absolute Gasteiger partial charge is 0.384 e. The summed E-state index contributed by atoms with van der Waals surface area (Å²) in [5, 5.41) is 0.326. The van der Waals surface area contributed by atoms with E-state index < -0.39 is 11.2 Å². The first-order valence-electron chi connectivity index (χ1n) is 8.01. The Bertz CT molecular complexity index is 1200. The number of anilines is 1. The van der Waals surface area contributed by atoms with Crippen LogP contribution in [0.25, 0.3) is 16.7 Å². The normalized spacial score (nSPS) is 10.9. The fourth-order valence-electron chi connectivity index (χ4n) is 2.87. The predicted octanol–water partition coefficient (Wildman–Crippen LogP) is 1.57. The van der Waals surface area contributed by atoms with E-state index in [2.05, 4.69) is 9.97 Å². The van der Waals surface area contributed by atoms with Gasteiger partial charge in [0.25, 0.3) is 5.56 Å². The Morgan fingerprint density at radius 2 is 1.77 bits per heavy atom. The van der Waals surface area contributed by atoms with Gasteiger partial charge in [0.2, 0.25) is 0 Å². The lowest BCUT2D eigenvalue weighted by molar-refractivity contribution is 0.681. The highest BCUT2D eigenvalue weighted by molar-refractivity contribution is 5.77. The number of nitrogens with zero attached hydrogens (tertiary/aromatic N) is 4. The molecule has 0 radical (unpaired) electrons. The van der Waals surface area contributed by atoms with Crippen LogP contribution in [0, 0.1) is 0 Å². The monoisotopic (exact) mass is 345 g/mol. The van der Waals surface area contributed by atoms with E-state index in [9.17, 15) is 9.59 Å². The van der Waals surface area contributed by atoms with Gasteiger partial charge >= 0.3 is 5.69 Å². The number of nitrogen functional groups attached to an aromatic ring is 1. The molecule has 26 heavy (non-hydrogen) atoms. The first kappa shape index (κ1) is 15.8. The molecule has 0 saturated carbocycles. The smallest absolute Gasteiger partial charge is 0.337 e. The second-order valence-electron chi connectivity index (χ2n) is 5.81. The maximum atomic E-state index is 13.1. The zero-order chi connectivity index (χ0) is 18.1. The van der Waals surface area contributed by atoms with Crippen molar-refractivity contribution in [2.75, 3.05) is 5.73 Å². The summed E-state index contributed by atoms with van der Waals surface area (Å²) in [6.45, 7) is 0.124. The third kappa shape index (κ3) is 2.65. The molecule has 0 amide bonds. The molecule has 0 bridgehead atoms. The molecule has 1 aromatic carbocycles. The zero-order valence-corrected chi connectivity index (χ0v) is 13.7. The van der Waals surface area contributed by atoms with Crippen molar-refractivity contribution in [2.45, 2.75) is 6.54 Å². The fourth-order valence-corrected chi connectivity index (χ4v) is 2.87. The van der Waals surface area contributed by atoms with Gasteiger partial charge < -0.3 is 5.73 Å². The molecule has 0 aliphatic rings. The average molecular weight is 345 g/mol. The maximum Gasteiger partial charge on any atom is 0.337 e. The Balaban J connectivity index is 2.07. The number of hydrogen-bond donors (Lipinski definition) is 1. The van der Waals surface area contributed by atoms with Crippen LogP contribution in [0.4, 0.5) is 5.82 Å². The van der Waals surface area contributed by atoms with E-state index in [1.165, 1.54) is 9.13 Å². The molecule has 2 N–H and O–H groups in total. The number of para-hydroxylation sites is 1. The second-order valence-corrected chi connectivity index (χ2v) is 5.81. The van der Waals surface area contributed by atoms with Gasteiger partial charge in [-0.3, -0.25) is 14.3 Å². The Morgan fingerprint density at radius 1 is 0.962 bits per heavy atom. The van der Waals surface area contributed by atoms with Crippen LogP contribution < -0.4 is 17.0 Å². The van der Waals surface area contributed by atoms with Gasteiger partial charge in [0.15, 0.2) is 5.65 Å². The second kappa shape index (κ2) is 6.29. The van der Waals surface area contributed by atoms with Crippen LogP contribution in [0.2, 0.25) is 0 Å². The molecule has 0 aliphatic carbocycles. The van der Waals surface area contributed by atoms with Crippen LogP contribution in [0.3, 0.4) is 0 Å². The SMILES string of the molecule is Nc1ccc2c(=O)n(Cc3cccnc3)c(=O)n(-c3ccccc3)c2n1. The van der Waals surface area contributed by atoms with Gasteiger partial charge in [0.05, 0.1) is 17.6 Å². The number of benzene rings is 1. The van der Waals surface area contributed by atoms with E-state index in [0.717, 1.165) is 5.56 Å². The summed E-state index contributed by atoms with van der Waals surface area (Å²) in [5.74, 6) is 0.242. The highest BCUT2D eigenvalue weighted by Gasteiger charge is 2.16. The van der Waals surface area contributed by atoms with Crippen molar-refractivity contribution >= 4 is 16.9 Å². The minimum atomic E-state index is -0.476. The molecular weight excluding hydrogens is 330 g/mol. The maximum absolute atomic E-state index is 13.1. The van der Waals surface area contributed by atoms with Crippen LogP contribution in [0.5, 0.6) is 0 Å². The zero-order valence-electron chi connectivity index (χ0n) is 13.7. The van der Waals surface area contributed by atoms with E-state index in [1.807, 2.05) is 24.3 Å². The Morgan fingerprint density at radius 3 is 2.50 bits per heavy atom. The third-order valence-corrected chi connectivity index (χ3v) is 4.08. The van der Waals surface area contributed by atoms with Crippen molar-refractivity contribution < 1.29 is 0 Å². The van der Waals surface area contributed by atoms with Crippen LogP contribution in [0.15, 0.2) is 76.6 Å². The number of aromatic nitrogens is 4. The van der Waals surface area contributed by atoms with Gasteiger partial charge in [-0.2, -0.15) is 0 Å². The summed E-state index contributed by atoms with van der Waals surface area (Å²) >= 11 is 0. The molecule has 4 rings (SSSR count). The van der Waals surface area contributed by atoms with Crippen LogP contribution in [-0.4, -0.2) is 19.1 Å². The van der Waals surface area contributed by atoms with E-state index in [-0.39, 0.29) is 18.0 Å². The Kier molecular flexibility index (Phi) is 3.81. The van der Waals surface area contributed by atoms with Gasteiger partial charge in [-0.1, -0.05) is 24.3 Å². The first-order chi connectivity index (χ1) is 12.6. The molecule has 128 valence electrons. The van der Waals surface area contributed by atoms with E-state index in [4.69, 9.17) is 5.73 Å². The number of rotatable bonds is 3. The molecule has 0 unspecified atom stereocenters. The average Bonchev–Trinajstić information content (AvgIpc) is 2.67. The van der Waals surface area contributed by atoms with Gasteiger partial charge in [-0.05, 0) is 35.9 Å². The summed E-state index contributed by atoms with van der Waals surface area (Å²) in [4.78, 5) is 34.3. The van der Waals surface area contributed by atoms with Crippen molar-refractivity contribution in [3.8, 4) is 5.69 Å². The fraction of sp³-hybridized carbons (Fsp3) is 0.0526. The molecule has 7 heteroatoms. The van der Waals surface area contributed by atoms with Gasteiger partial charge in [0, 0.05) is 12.4 Å². The van der Waals surface area contributed by atoms with Crippen molar-refractivity contribution in [3.63, 3.8) is 0 Å². The van der Waals surface area contributed by atoms with Crippen molar-refractivity contribution in [1.29, 1.82) is 0 Å². The number of pyridine rings is 2. The highest BCUT2D eigenvalue weighted by Crippen LogP contribution is 2.14. The molecule has 0 fully saturated rings. The quantitative estimate of drug-likeness (QED) is 0.608. The number of nitrogens with two attached hydrogens (primary N) is 1. The van der Waals surface area contributed by atoms with E-state index in [1.54, 1.807) is 42.7 Å². The lowest BCUT2D eigenvalue weighted by Crippen LogP contribution is -2.40. The summed E-state index contributed by atoms with van der Waals surface area (Å²) in [7, 11) is 0. The molecule has 0 atom stereocenters. The molecule has 0 saturated heterocycles. The first-order valence-corrected chi connectivity index (χ1v) is 8.01. The summed E-state index contributed by atoms with van der Waals surface area (Å²) < 4.78 is 2.59. The summed E-state index contributed by atoms with van der Waals surface area (Å²) in [5.41, 5.74) is 6.52.